The third kappa shape index (κ3) is 3.11. The Kier molecular flexibility index (Phi) is 4.08. The summed E-state index contributed by atoms with van der Waals surface area (Å²) in [4.78, 5) is 18.3. The van der Waals surface area contributed by atoms with Crippen molar-refractivity contribution in [3.8, 4) is 11.6 Å². The van der Waals surface area contributed by atoms with Gasteiger partial charge in [0, 0.05) is 6.07 Å². The van der Waals surface area contributed by atoms with Gasteiger partial charge < -0.3 is 20.3 Å². The van der Waals surface area contributed by atoms with Gasteiger partial charge in [-0.3, -0.25) is 0 Å². The summed E-state index contributed by atoms with van der Waals surface area (Å²) in [5.74, 6) is -2.80. The first kappa shape index (κ1) is 14.8. The van der Waals surface area contributed by atoms with E-state index in [-0.39, 0.29) is 22.4 Å². The number of ether oxygens (including phenoxy) is 1. The number of aromatic hydroxyl groups is 1. The van der Waals surface area contributed by atoms with Crippen LogP contribution in [0.3, 0.4) is 0 Å². The first-order valence-electron chi connectivity index (χ1n) is 5.51. The summed E-state index contributed by atoms with van der Waals surface area (Å²) >= 11 is 5.57. The fourth-order valence-electron chi connectivity index (χ4n) is 1.52. The highest BCUT2D eigenvalue weighted by Crippen LogP contribution is 2.30. The second kappa shape index (κ2) is 5.80. The molecule has 0 atom stereocenters. The molecule has 2 aromatic rings. The van der Waals surface area contributed by atoms with Crippen LogP contribution < -0.4 is 10.1 Å². The fourth-order valence-corrected chi connectivity index (χ4v) is 1.61. The van der Waals surface area contributed by atoms with E-state index in [0.29, 0.717) is 0 Å². The molecule has 0 amide bonds. The van der Waals surface area contributed by atoms with Crippen molar-refractivity contribution in [2.24, 2.45) is 0 Å². The van der Waals surface area contributed by atoms with Gasteiger partial charge in [-0.1, -0.05) is 11.6 Å². The molecule has 0 aliphatic rings. The molecule has 0 fully saturated rings. The molecular formula is C12H9ClFN3O4. The van der Waals surface area contributed by atoms with Crippen molar-refractivity contribution >= 4 is 29.2 Å². The van der Waals surface area contributed by atoms with Crippen LogP contribution in [0.4, 0.5) is 16.0 Å². The Morgan fingerprint density at radius 2 is 2.19 bits per heavy atom. The van der Waals surface area contributed by atoms with E-state index in [0.717, 1.165) is 18.3 Å². The van der Waals surface area contributed by atoms with Crippen molar-refractivity contribution in [2.45, 2.75) is 0 Å². The van der Waals surface area contributed by atoms with Gasteiger partial charge in [0.05, 0.1) is 24.6 Å². The summed E-state index contributed by atoms with van der Waals surface area (Å²) in [6, 6.07) is 1.95. The lowest BCUT2D eigenvalue weighted by atomic mass is 10.1. The minimum absolute atomic E-state index is 0.0417. The number of methoxy groups -OCH3 is 1. The number of nitrogens with zero attached hydrogens (tertiary/aromatic N) is 2. The number of aromatic nitrogens is 2. The number of halogens is 2. The van der Waals surface area contributed by atoms with Gasteiger partial charge in [0.15, 0.2) is 0 Å². The lowest BCUT2D eigenvalue weighted by molar-refractivity contribution is 0.0691. The molecule has 7 nitrogen and oxygen atoms in total. The standard InChI is InChI=1S/C12H9ClFN3O4/c1-21-9-2-5(11(19)20)7(14)3-8(9)16-12-15-4-6(13)10(18)17-12/h2-4H,1H3,(H,19,20)(H2,15,16,17,18). The van der Waals surface area contributed by atoms with Crippen LogP contribution in [0.25, 0.3) is 0 Å². The number of carboxylic acid groups (broad SMARTS) is 1. The predicted molar refractivity (Wildman–Crippen MR) is 71.9 cm³/mol. The number of carbonyl (C=O) groups is 1. The molecule has 0 aliphatic heterocycles. The van der Waals surface area contributed by atoms with Crippen LogP contribution in [0, 0.1) is 5.82 Å². The van der Waals surface area contributed by atoms with E-state index in [1.807, 2.05) is 0 Å². The van der Waals surface area contributed by atoms with Crippen LogP contribution in [-0.4, -0.2) is 33.3 Å². The van der Waals surface area contributed by atoms with Crippen molar-refractivity contribution in [3.05, 3.63) is 34.7 Å². The van der Waals surface area contributed by atoms with Crippen LogP contribution in [0.1, 0.15) is 10.4 Å². The van der Waals surface area contributed by atoms with Gasteiger partial charge in [0.25, 0.3) is 0 Å². The summed E-state index contributed by atoms with van der Waals surface area (Å²) < 4.78 is 18.7. The van der Waals surface area contributed by atoms with Gasteiger partial charge >= 0.3 is 5.97 Å². The molecule has 3 N–H and O–H groups in total. The molecule has 0 aliphatic carbocycles. The Bertz CT molecular complexity index is 711. The summed E-state index contributed by atoms with van der Waals surface area (Å²) in [5, 5.41) is 20.8. The minimum Gasteiger partial charge on any atom is -0.495 e. The maximum Gasteiger partial charge on any atom is 0.338 e. The van der Waals surface area contributed by atoms with E-state index in [2.05, 4.69) is 15.3 Å². The second-order valence-electron chi connectivity index (χ2n) is 3.83. The van der Waals surface area contributed by atoms with Crippen LogP contribution in [0.15, 0.2) is 18.3 Å². The lowest BCUT2D eigenvalue weighted by Gasteiger charge is -2.11. The molecule has 0 spiro atoms. The van der Waals surface area contributed by atoms with Crippen molar-refractivity contribution in [1.82, 2.24) is 9.97 Å². The number of aromatic carboxylic acids is 1. The molecule has 0 radical (unpaired) electrons. The monoisotopic (exact) mass is 313 g/mol. The Hall–Kier alpha value is -2.61. The van der Waals surface area contributed by atoms with Crippen LogP contribution in [-0.2, 0) is 0 Å². The average molecular weight is 314 g/mol. The predicted octanol–water partition coefficient (Wildman–Crippen LogP) is 2.43. The number of anilines is 2. The van der Waals surface area contributed by atoms with Gasteiger partial charge in [-0.15, -0.1) is 0 Å². The Morgan fingerprint density at radius 3 is 2.76 bits per heavy atom. The largest absolute Gasteiger partial charge is 0.495 e. The molecule has 0 unspecified atom stereocenters. The third-order valence-electron chi connectivity index (χ3n) is 2.49. The number of carboxylic acids is 1. The molecule has 0 saturated carbocycles. The smallest absolute Gasteiger partial charge is 0.338 e. The van der Waals surface area contributed by atoms with Gasteiger partial charge in [-0.25, -0.2) is 14.2 Å². The number of hydrogen-bond acceptors (Lipinski definition) is 6. The van der Waals surface area contributed by atoms with Crippen LogP contribution in [0.5, 0.6) is 11.6 Å². The number of nitrogens with one attached hydrogen (secondary N) is 1. The van der Waals surface area contributed by atoms with E-state index in [1.165, 1.54) is 7.11 Å². The van der Waals surface area contributed by atoms with Gasteiger partial charge in [0.2, 0.25) is 11.8 Å². The van der Waals surface area contributed by atoms with Gasteiger partial charge in [-0.2, -0.15) is 4.98 Å². The summed E-state index contributed by atoms with van der Waals surface area (Å²) in [6.07, 6.45) is 1.15. The van der Waals surface area contributed by atoms with E-state index in [1.54, 1.807) is 0 Å². The van der Waals surface area contributed by atoms with Crippen molar-refractivity contribution in [1.29, 1.82) is 0 Å². The fraction of sp³-hybridized carbons (Fsp3) is 0.0833. The van der Waals surface area contributed by atoms with E-state index in [4.69, 9.17) is 21.4 Å². The second-order valence-corrected chi connectivity index (χ2v) is 4.23. The first-order valence-corrected chi connectivity index (χ1v) is 5.89. The maximum absolute atomic E-state index is 13.7. The molecule has 0 saturated heterocycles. The maximum atomic E-state index is 13.7. The minimum atomic E-state index is -1.42. The zero-order valence-electron chi connectivity index (χ0n) is 10.6. The van der Waals surface area contributed by atoms with E-state index >= 15 is 0 Å². The first-order chi connectivity index (χ1) is 9.92. The van der Waals surface area contributed by atoms with E-state index in [9.17, 15) is 14.3 Å². The number of benzene rings is 1. The quantitative estimate of drug-likeness (QED) is 0.796. The topological polar surface area (TPSA) is 105 Å². The molecule has 21 heavy (non-hydrogen) atoms. The zero-order chi connectivity index (χ0) is 15.6. The van der Waals surface area contributed by atoms with Crippen molar-refractivity contribution in [2.75, 3.05) is 12.4 Å². The summed E-state index contributed by atoms with van der Waals surface area (Å²) in [6.45, 7) is 0. The van der Waals surface area contributed by atoms with Gasteiger partial charge in [-0.05, 0) is 6.07 Å². The average Bonchev–Trinajstić information content (AvgIpc) is 2.43. The van der Waals surface area contributed by atoms with Crippen molar-refractivity contribution < 1.29 is 24.1 Å². The highest BCUT2D eigenvalue weighted by atomic mass is 35.5. The van der Waals surface area contributed by atoms with Crippen LogP contribution >= 0.6 is 11.6 Å². The van der Waals surface area contributed by atoms with Crippen molar-refractivity contribution in [3.63, 3.8) is 0 Å². The highest BCUT2D eigenvalue weighted by molar-refractivity contribution is 6.31. The molecule has 2 rings (SSSR count). The summed E-state index contributed by atoms with van der Waals surface area (Å²) in [5.41, 5.74) is -0.431. The number of rotatable bonds is 4. The molecule has 1 heterocycles. The molecule has 1 aromatic carbocycles. The molecule has 1 aromatic heterocycles. The van der Waals surface area contributed by atoms with Gasteiger partial charge in [0.1, 0.15) is 16.6 Å². The molecule has 0 bridgehead atoms. The van der Waals surface area contributed by atoms with E-state index < -0.39 is 23.2 Å². The Labute approximate surface area is 123 Å². The molecule has 9 heteroatoms. The molecule has 110 valence electrons. The lowest BCUT2D eigenvalue weighted by Crippen LogP contribution is -2.05. The summed E-state index contributed by atoms with van der Waals surface area (Å²) in [7, 11) is 1.30. The third-order valence-corrected chi connectivity index (χ3v) is 2.76. The Morgan fingerprint density at radius 1 is 1.48 bits per heavy atom. The highest BCUT2D eigenvalue weighted by Gasteiger charge is 2.16. The van der Waals surface area contributed by atoms with Crippen LogP contribution in [0.2, 0.25) is 5.02 Å². The molecular weight excluding hydrogens is 305 g/mol. The zero-order valence-corrected chi connectivity index (χ0v) is 11.3. The normalized spacial score (nSPS) is 10.2. The Balaban J connectivity index is 2.41. The number of hydrogen-bond donors (Lipinski definition) is 3. The SMILES string of the molecule is COc1cc(C(=O)O)c(F)cc1Nc1ncc(Cl)c(O)n1.